The number of fused-ring (bicyclic) bond motifs is 1. The summed E-state index contributed by atoms with van der Waals surface area (Å²) in [4.78, 5) is 4.29. The summed E-state index contributed by atoms with van der Waals surface area (Å²) in [6.07, 6.45) is 5.75. The van der Waals surface area contributed by atoms with Crippen LogP contribution >= 0.6 is 0 Å². The summed E-state index contributed by atoms with van der Waals surface area (Å²) in [6.45, 7) is 1.69. The van der Waals surface area contributed by atoms with Crippen LogP contribution in [0, 0.1) is 0 Å². The van der Waals surface area contributed by atoms with Crippen molar-refractivity contribution in [2.75, 3.05) is 18.5 Å². The highest BCUT2D eigenvalue weighted by molar-refractivity contribution is 5.77. The molecule has 1 saturated heterocycles. The van der Waals surface area contributed by atoms with E-state index in [1.54, 1.807) is 6.20 Å². The van der Waals surface area contributed by atoms with Crippen LogP contribution < -0.4 is 5.32 Å². The molecule has 2 aromatic heterocycles. The van der Waals surface area contributed by atoms with Gasteiger partial charge < -0.3 is 10.1 Å². The molecule has 5 heteroatoms. The van der Waals surface area contributed by atoms with Crippen molar-refractivity contribution in [3.63, 3.8) is 0 Å². The number of aromatic amines is 1. The maximum Gasteiger partial charge on any atom is 0.155 e. The third-order valence-corrected chi connectivity index (χ3v) is 2.88. The molecule has 84 valence electrons. The topological polar surface area (TPSA) is 62.8 Å². The van der Waals surface area contributed by atoms with Crippen molar-refractivity contribution < 1.29 is 4.74 Å². The Labute approximate surface area is 93.2 Å². The lowest BCUT2D eigenvalue weighted by Crippen LogP contribution is -2.27. The molecule has 1 aliphatic heterocycles. The Morgan fingerprint density at radius 2 is 2.19 bits per heavy atom. The molecule has 1 aliphatic rings. The average molecular weight is 218 g/mol. The molecular formula is C11H14N4O. The van der Waals surface area contributed by atoms with Gasteiger partial charge in [-0.25, -0.2) is 4.98 Å². The summed E-state index contributed by atoms with van der Waals surface area (Å²) in [5, 5.41) is 11.3. The number of anilines is 1. The van der Waals surface area contributed by atoms with E-state index in [1.165, 1.54) is 0 Å². The van der Waals surface area contributed by atoms with Gasteiger partial charge in [-0.15, -0.1) is 0 Å². The zero-order valence-corrected chi connectivity index (χ0v) is 8.94. The Kier molecular flexibility index (Phi) is 2.46. The van der Waals surface area contributed by atoms with Gasteiger partial charge in [-0.2, -0.15) is 5.10 Å². The first-order valence-corrected chi connectivity index (χ1v) is 5.55. The molecule has 0 bridgehead atoms. The predicted molar refractivity (Wildman–Crippen MR) is 61.4 cm³/mol. The summed E-state index contributed by atoms with van der Waals surface area (Å²) in [5.41, 5.74) is 1.89. The second-order valence-corrected chi connectivity index (χ2v) is 4.06. The first kappa shape index (κ1) is 9.59. The van der Waals surface area contributed by atoms with Crippen LogP contribution in [-0.4, -0.2) is 34.4 Å². The quantitative estimate of drug-likeness (QED) is 0.802. The van der Waals surface area contributed by atoms with Crippen LogP contribution in [0.15, 0.2) is 18.5 Å². The van der Waals surface area contributed by atoms with E-state index in [0.29, 0.717) is 6.04 Å². The summed E-state index contributed by atoms with van der Waals surface area (Å²) in [7, 11) is 0. The predicted octanol–water partition coefficient (Wildman–Crippen LogP) is 1.55. The highest BCUT2D eigenvalue weighted by Gasteiger charge is 2.13. The van der Waals surface area contributed by atoms with Crippen LogP contribution in [0.2, 0.25) is 0 Å². The molecule has 0 saturated carbocycles. The fourth-order valence-corrected chi connectivity index (χ4v) is 1.99. The molecule has 0 aromatic carbocycles. The zero-order chi connectivity index (χ0) is 10.8. The molecule has 3 rings (SSSR count). The fraction of sp³-hybridized carbons (Fsp3) is 0.455. The van der Waals surface area contributed by atoms with Gasteiger partial charge in [0.2, 0.25) is 0 Å². The van der Waals surface area contributed by atoms with Crippen LogP contribution in [0.4, 0.5) is 5.69 Å². The summed E-state index contributed by atoms with van der Waals surface area (Å²) >= 11 is 0. The number of nitrogens with zero attached hydrogens (tertiary/aromatic N) is 2. The van der Waals surface area contributed by atoms with Crippen molar-refractivity contribution in [2.24, 2.45) is 0 Å². The van der Waals surface area contributed by atoms with Gasteiger partial charge >= 0.3 is 0 Å². The lowest BCUT2D eigenvalue weighted by molar-refractivity contribution is 0.0904. The van der Waals surface area contributed by atoms with Crippen LogP contribution in [0.3, 0.4) is 0 Å². The molecule has 0 aliphatic carbocycles. The second kappa shape index (κ2) is 4.09. The Bertz CT molecular complexity index is 476. The summed E-state index contributed by atoms with van der Waals surface area (Å²) in [5.74, 6) is 0. The number of nitrogens with one attached hydrogen (secondary N) is 2. The number of H-pyrrole nitrogens is 1. The van der Waals surface area contributed by atoms with E-state index in [9.17, 15) is 0 Å². The molecular weight excluding hydrogens is 204 g/mol. The standard InChI is InChI=1S/C11H14N4O/c1-3-16-4-2-9(1)14-10-5-8-6-13-15-11(8)12-7-10/h5-7,9,14H,1-4H2,(H,12,13,15). The van der Waals surface area contributed by atoms with Crippen molar-refractivity contribution in [3.8, 4) is 0 Å². The van der Waals surface area contributed by atoms with E-state index < -0.39 is 0 Å². The van der Waals surface area contributed by atoms with Gasteiger partial charge in [0.1, 0.15) is 0 Å². The normalized spacial score (nSPS) is 17.8. The maximum absolute atomic E-state index is 5.32. The number of aromatic nitrogens is 3. The largest absolute Gasteiger partial charge is 0.381 e. The van der Waals surface area contributed by atoms with E-state index in [-0.39, 0.29) is 0 Å². The van der Waals surface area contributed by atoms with Crippen molar-refractivity contribution in [1.82, 2.24) is 15.2 Å². The number of hydrogen-bond donors (Lipinski definition) is 2. The van der Waals surface area contributed by atoms with E-state index in [1.807, 2.05) is 6.20 Å². The number of pyridine rings is 1. The minimum atomic E-state index is 0.500. The van der Waals surface area contributed by atoms with Crippen LogP contribution in [0.1, 0.15) is 12.8 Å². The van der Waals surface area contributed by atoms with Gasteiger partial charge in [0.15, 0.2) is 5.65 Å². The lowest BCUT2D eigenvalue weighted by atomic mass is 10.1. The number of hydrogen-bond acceptors (Lipinski definition) is 4. The molecule has 5 nitrogen and oxygen atoms in total. The van der Waals surface area contributed by atoms with Crippen molar-refractivity contribution in [2.45, 2.75) is 18.9 Å². The van der Waals surface area contributed by atoms with Crippen LogP contribution in [0.5, 0.6) is 0 Å². The SMILES string of the molecule is c1nc2[nH]ncc2cc1NC1CCOCC1. The highest BCUT2D eigenvalue weighted by atomic mass is 16.5. The second-order valence-electron chi connectivity index (χ2n) is 4.06. The maximum atomic E-state index is 5.32. The van der Waals surface area contributed by atoms with E-state index in [2.05, 4.69) is 26.6 Å². The van der Waals surface area contributed by atoms with E-state index in [0.717, 1.165) is 42.8 Å². The highest BCUT2D eigenvalue weighted by Crippen LogP contribution is 2.17. The van der Waals surface area contributed by atoms with Gasteiger partial charge in [0.25, 0.3) is 0 Å². The third kappa shape index (κ3) is 1.86. The Hall–Kier alpha value is -1.62. The first-order chi connectivity index (χ1) is 7.92. The van der Waals surface area contributed by atoms with Crippen molar-refractivity contribution in [1.29, 1.82) is 0 Å². The molecule has 0 atom stereocenters. The van der Waals surface area contributed by atoms with Gasteiger partial charge in [-0.3, -0.25) is 5.10 Å². The summed E-state index contributed by atoms with van der Waals surface area (Å²) < 4.78 is 5.32. The minimum absolute atomic E-state index is 0.500. The lowest BCUT2D eigenvalue weighted by Gasteiger charge is -2.23. The van der Waals surface area contributed by atoms with E-state index >= 15 is 0 Å². The number of rotatable bonds is 2. The molecule has 0 amide bonds. The van der Waals surface area contributed by atoms with Crippen LogP contribution in [-0.2, 0) is 4.74 Å². The van der Waals surface area contributed by atoms with Crippen molar-refractivity contribution in [3.05, 3.63) is 18.5 Å². The number of ether oxygens (including phenoxy) is 1. The molecule has 2 aromatic rings. The molecule has 1 fully saturated rings. The van der Waals surface area contributed by atoms with Gasteiger partial charge in [-0.05, 0) is 18.9 Å². The minimum Gasteiger partial charge on any atom is -0.381 e. The smallest absolute Gasteiger partial charge is 0.155 e. The fourth-order valence-electron chi connectivity index (χ4n) is 1.99. The Balaban J connectivity index is 1.77. The molecule has 2 N–H and O–H groups in total. The first-order valence-electron chi connectivity index (χ1n) is 5.55. The average Bonchev–Trinajstić information content (AvgIpc) is 2.77. The summed E-state index contributed by atoms with van der Waals surface area (Å²) in [6, 6.07) is 2.57. The monoisotopic (exact) mass is 218 g/mol. The van der Waals surface area contributed by atoms with Gasteiger partial charge in [-0.1, -0.05) is 0 Å². The van der Waals surface area contributed by atoms with Crippen LogP contribution in [0.25, 0.3) is 11.0 Å². The molecule has 0 radical (unpaired) electrons. The van der Waals surface area contributed by atoms with Crippen molar-refractivity contribution >= 4 is 16.7 Å². The molecule has 16 heavy (non-hydrogen) atoms. The molecule has 3 heterocycles. The zero-order valence-electron chi connectivity index (χ0n) is 8.94. The van der Waals surface area contributed by atoms with Gasteiger partial charge in [0, 0.05) is 24.6 Å². The Morgan fingerprint density at radius 3 is 3.06 bits per heavy atom. The van der Waals surface area contributed by atoms with Gasteiger partial charge in [0.05, 0.1) is 18.1 Å². The third-order valence-electron chi connectivity index (χ3n) is 2.88. The van der Waals surface area contributed by atoms with E-state index in [4.69, 9.17) is 4.74 Å². The Morgan fingerprint density at radius 1 is 1.31 bits per heavy atom. The molecule has 0 spiro atoms. The molecule has 0 unspecified atom stereocenters.